The fourth-order valence-corrected chi connectivity index (χ4v) is 2.92. The summed E-state index contributed by atoms with van der Waals surface area (Å²) in [4.78, 5) is 22.8. The fourth-order valence-electron chi connectivity index (χ4n) is 2.00. The Balaban J connectivity index is 2.87. The lowest BCUT2D eigenvalue weighted by atomic mass is 9.88. The third kappa shape index (κ3) is 4.95. The summed E-state index contributed by atoms with van der Waals surface area (Å²) in [6.07, 6.45) is -4.89. The van der Waals surface area contributed by atoms with Gasteiger partial charge in [-0.2, -0.15) is 21.6 Å². The predicted molar refractivity (Wildman–Crippen MR) is 63.9 cm³/mol. The maximum absolute atomic E-state index is 12.9. The van der Waals surface area contributed by atoms with Crippen molar-refractivity contribution < 1.29 is 40.5 Å². The van der Waals surface area contributed by atoms with Crippen LogP contribution < -0.4 is 0 Å². The predicted octanol–water partition coefficient (Wildman–Crippen LogP) is 1.50. The second kappa shape index (κ2) is 5.91. The maximum atomic E-state index is 12.9. The number of carbonyl (C=O) groups excluding carboxylic acids is 2. The molecule has 21 heavy (non-hydrogen) atoms. The van der Waals surface area contributed by atoms with Crippen molar-refractivity contribution in [2.75, 3.05) is 5.75 Å². The van der Waals surface area contributed by atoms with Gasteiger partial charge in [0.1, 0.15) is 11.5 Å². The number of ketones is 1. The van der Waals surface area contributed by atoms with Gasteiger partial charge in [0.15, 0.2) is 0 Å². The molecule has 1 atom stereocenters. The lowest BCUT2D eigenvalue weighted by Crippen LogP contribution is -2.52. The van der Waals surface area contributed by atoms with E-state index in [0.29, 0.717) is 6.92 Å². The van der Waals surface area contributed by atoms with Crippen molar-refractivity contribution in [1.82, 2.24) is 0 Å². The Morgan fingerprint density at radius 1 is 1.33 bits per heavy atom. The van der Waals surface area contributed by atoms with Gasteiger partial charge in [-0.1, -0.05) is 0 Å². The van der Waals surface area contributed by atoms with Crippen LogP contribution in [0.2, 0.25) is 0 Å². The van der Waals surface area contributed by atoms with Gasteiger partial charge in [0, 0.05) is 12.8 Å². The highest BCUT2D eigenvalue weighted by Gasteiger charge is 2.57. The van der Waals surface area contributed by atoms with Crippen LogP contribution in [0.4, 0.5) is 13.2 Å². The van der Waals surface area contributed by atoms with Gasteiger partial charge in [0.05, 0.1) is 5.92 Å². The quantitative estimate of drug-likeness (QED) is 0.619. The number of ether oxygens (including phenoxy) is 1. The van der Waals surface area contributed by atoms with Gasteiger partial charge in [-0.3, -0.25) is 14.1 Å². The average Bonchev–Trinajstić information content (AvgIpc) is 2.25. The molecule has 0 aromatic carbocycles. The second-order valence-electron chi connectivity index (χ2n) is 5.19. The Kier molecular flexibility index (Phi) is 5.04. The van der Waals surface area contributed by atoms with Gasteiger partial charge in [0.25, 0.3) is 10.1 Å². The van der Waals surface area contributed by atoms with Crippen LogP contribution in [-0.2, 0) is 24.4 Å². The van der Waals surface area contributed by atoms with Gasteiger partial charge >= 0.3 is 12.1 Å². The van der Waals surface area contributed by atoms with E-state index in [9.17, 15) is 31.2 Å². The lowest BCUT2D eigenvalue weighted by molar-refractivity contribution is -0.258. The number of halogens is 3. The highest BCUT2D eigenvalue weighted by atomic mass is 32.2. The molecule has 1 rings (SSSR count). The number of Topliss-reactive ketones (excluding diaryl/α,β-unsaturated/α-hetero) is 1. The van der Waals surface area contributed by atoms with Crippen molar-refractivity contribution in [2.24, 2.45) is 5.92 Å². The Labute approximate surface area is 119 Å². The van der Waals surface area contributed by atoms with Crippen LogP contribution in [0.15, 0.2) is 0 Å². The molecule has 10 heteroatoms. The number of rotatable bonds is 4. The van der Waals surface area contributed by atoms with Gasteiger partial charge in [0.2, 0.25) is 5.60 Å². The van der Waals surface area contributed by atoms with E-state index in [2.05, 4.69) is 4.74 Å². The van der Waals surface area contributed by atoms with E-state index in [0.717, 1.165) is 0 Å². The first kappa shape index (κ1) is 17.9. The first-order valence-corrected chi connectivity index (χ1v) is 7.71. The van der Waals surface area contributed by atoms with E-state index in [4.69, 9.17) is 4.55 Å². The summed E-state index contributed by atoms with van der Waals surface area (Å²) in [5, 5.41) is 0. The zero-order valence-corrected chi connectivity index (χ0v) is 12.0. The monoisotopic (exact) mass is 332 g/mol. The minimum Gasteiger partial charge on any atom is -0.448 e. The van der Waals surface area contributed by atoms with Crippen LogP contribution in [0.5, 0.6) is 0 Å². The molecule has 1 N–H and O–H groups in total. The van der Waals surface area contributed by atoms with Crippen LogP contribution in [0, 0.1) is 5.92 Å². The van der Waals surface area contributed by atoms with Crippen molar-refractivity contribution in [3.63, 3.8) is 0 Å². The number of hydrogen-bond acceptors (Lipinski definition) is 5. The molecule has 0 aromatic rings. The topological polar surface area (TPSA) is 97.7 Å². The summed E-state index contributed by atoms with van der Waals surface area (Å²) in [6.45, 7) is 0.382. The molecule has 1 unspecified atom stereocenters. The fraction of sp³-hybridized carbons (Fsp3) is 0.818. The zero-order chi connectivity index (χ0) is 16.5. The Hall–Kier alpha value is -1.16. The van der Waals surface area contributed by atoms with Gasteiger partial charge < -0.3 is 4.74 Å². The molecule has 122 valence electrons. The van der Waals surface area contributed by atoms with Crippen LogP contribution in [0.3, 0.4) is 0 Å². The molecule has 1 aliphatic rings. The Morgan fingerprint density at radius 2 is 1.81 bits per heavy atom. The lowest BCUT2D eigenvalue weighted by Gasteiger charge is -2.32. The first-order valence-electron chi connectivity index (χ1n) is 6.10. The molecular weight excluding hydrogens is 317 g/mol. The molecule has 1 aliphatic carbocycles. The molecule has 0 heterocycles. The van der Waals surface area contributed by atoms with Crippen molar-refractivity contribution in [3.8, 4) is 0 Å². The number of alkyl halides is 3. The summed E-state index contributed by atoms with van der Waals surface area (Å²) in [7, 11) is -5.00. The molecule has 6 nitrogen and oxygen atoms in total. The zero-order valence-electron chi connectivity index (χ0n) is 11.1. The smallest absolute Gasteiger partial charge is 0.429 e. The number of carbonyl (C=O) groups is 2. The molecular formula is C11H15F3O6S. The molecule has 1 fully saturated rings. The summed E-state index contributed by atoms with van der Waals surface area (Å²) < 4.78 is 73.1. The van der Waals surface area contributed by atoms with E-state index in [-0.39, 0.29) is 31.5 Å². The van der Waals surface area contributed by atoms with Gasteiger partial charge in [-0.25, -0.2) is 0 Å². The first-order chi connectivity index (χ1) is 9.34. The molecule has 0 bridgehead atoms. The third-order valence-corrected chi connectivity index (χ3v) is 4.18. The van der Waals surface area contributed by atoms with E-state index >= 15 is 0 Å². The molecule has 0 aromatic heterocycles. The van der Waals surface area contributed by atoms with E-state index in [1.807, 2.05) is 0 Å². The third-order valence-electron chi connectivity index (χ3n) is 3.26. The van der Waals surface area contributed by atoms with E-state index in [1.165, 1.54) is 0 Å². The number of esters is 1. The molecule has 1 saturated carbocycles. The van der Waals surface area contributed by atoms with Crippen LogP contribution in [-0.4, -0.2) is 42.3 Å². The van der Waals surface area contributed by atoms with E-state index < -0.39 is 39.5 Å². The molecule has 0 aliphatic heterocycles. The van der Waals surface area contributed by atoms with Gasteiger partial charge in [-0.15, -0.1) is 0 Å². The molecule has 0 amide bonds. The molecule has 0 saturated heterocycles. The van der Waals surface area contributed by atoms with Crippen molar-refractivity contribution in [3.05, 3.63) is 0 Å². The number of hydrogen-bond donors (Lipinski definition) is 1. The van der Waals surface area contributed by atoms with Crippen LogP contribution in [0.1, 0.15) is 32.6 Å². The normalized spacial score (nSPS) is 20.9. The van der Waals surface area contributed by atoms with Crippen molar-refractivity contribution in [2.45, 2.75) is 44.4 Å². The van der Waals surface area contributed by atoms with Crippen molar-refractivity contribution >= 4 is 21.9 Å². The van der Waals surface area contributed by atoms with Crippen molar-refractivity contribution in [1.29, 1.82) is 0 Å². The minimum atomic E-state index is -5.16. The maximum Gasteiger partial charge on any atom is 0.429 e. The summed E-state index contributed by atoms with van der Waals surface area (Å²) in [5.74, 6) is -3.96. The van der Waals surface area contributed by atoms with Crippen LogP contribution >= 0.6 is 0 Å². The Bertz CT molecular complexity index is 517. The van der Waals surface area contributed by atoms with E-state index in [1.54, 1.807) is 0 Å². The Morgan fingerprint density at radius 3 is 2.19 bits per heavy atom. The molecule has 0 spiro atoms. The average molecular weight is 332 g/mol. The summed E-state index contributed by atoms with van der Waals surface area (Å²) in [6, 6.07) is 0. The highest BCUT2D eigenvalue weighted by Crippen LogP contribution is 2.36. The largest absolute Gasteiger partial charge is 0.448 e. The highest BCUT2D eigenvalue weighted by molar-refractivity contribution is 7.85. The molecule has 0 radical (unpaired) electrons. The standard InChI is InChI=1S/C11H15F3O6S/c1-10(11(12,13)14,6-21(17,18)19)20-9(16)7-2-4-8(15)5-3-7/h7H,2-6H2,1H3,(H,17,18,19). The second-order valence-corrected chi connectivity index (χ2v) is 6.64. The van der Waals surface area contributed by atoms with Gasteiger partial charge in [-0.05, 0) is 19.8 Å². The summed E-state index contributed by atoms with van der Waals surface area (Å²) >= 11 is 0. The van der Waals surface area contributed by atoms with Crippen LogP contribution in [0.25, 0.3) is 0 Å². The SMILES string of the molecule is CC(CS(=O)(=O)O)(OC(=O)C1CCC(=O)CC1)C(F)(F)F. The minimum absolute atomic E-state index is 0.0669. The summed E-state index contributed by atoms with van der Waals surface area (Å²) in [5.41, 5.74) is -3.33.